The Hall–Kier alpha value is -1.55. The molecule has 2 N–H and O–H groups in total. The van der Waals surface area contributed by atoms with Gasteiger partial charge in [0.25, 0.3) is 5.91 Å². The Morgan fingerprint density at radius 1 is 1.25 bits per heavy atom. The van der Waals surface area contributed by atoms with Crippen molar-refractivity contribution in [3.8, 4) is 5.75 Å². The highest BCUT2D eigenvalue weighted by molar-refractivity contribution is 5.80. The lowest BCUT2D eigenvalue weighted by atomic mass is 10.1. The maximum Gasteiger partial charge on any atom is 0.260 e. The molecule has 0 aliphatic rings. The lowest BCUT2D eigenvalue weighted by molar-refractivity contribution is -0.127. The second kappa shape index (κ2) is 7.90. The van der Waals surface area contributed by atoms with Gasteiger partial charge in [-0.2, -0.15) is 0 Å². The summed E-state index contributed by atoms with van der Waals surface area (Å²) in [5, 5.41) is 12.4. The molecule has 1 rings (SSSR count). The molecule has 0 bridgehead atoms. The van der Waals surface area contributed by atoms with Crippen LogP contribution in [0.25, 0.3) is 0 Å². The first-order chi connectivity index (χ1) is 9.43. The van der Waals surface area contributed by atoms with Crippen LogP contribution < -0.4 is 10.1 Å². The Morgan fingerprint density at radius 2 is 1.85 bits per heavy atom. The molecule has 4 nitrogen and oxygen atoms in total. The predicted octanol–water partition coefficient (Wildman–Crippen LogP) is 2.81. The molecule has 3 atom stereocenters. The third-order valence-electron chi connectivity index (χ3n) is 3.15. The predicted molar refractivity (Wildman–Crippen MR) is 79.7 cm³/mol. The summed E-state index contributed by atoms with van der Waals surface area (Å²) in [5.41, 5.74) is 0.825. The van der Waals surface area contributed by atoms with Gasteiger partial charge in [-0.3, -0.25) is 4.79 Å². The minimum atomic E-state index is -0.535. The van der Waals surface area contributed by atoms with E-state index in [2.05, 4.69) is 12.2 Å². The third kappa shape index (κ3) is 5.21. The van der Waals surface area contributed by atoms with Crippen molar-refractivity contribution in [3.05, 3.63) is 29.8 Å². The second-order valence-corrected chi connectivity index (χ2v) is 5.20. The summed E-state index contributed by atoms with van der Waals surface area (Å²) < 4.78 is 5.60. The van der Waals surface area contributed by atoms with Crippen molar-refractivity contribution in [3.63, 3.8) is 0 Å². The molecule has 4 heteroatoms. The van der Waals surface area contributed by atoms with Crippen LogP contribution in [-0.2, 0) is 4.79 Å². The summed E-state index contributed by atoms with van der Waals surface area (Å²) in [5.74, 6) is 0.519. The maximum absolute atomic E-state index is 11.9. The number of aliphatic hydroxyl groups excluding tert-OH is 1. The smallest absolute Gasteiger partial charge is 0.260 e. The molecular weight excluding hydrogens is 254 g/mol. The van der Waals surface area contributed by atoms with Crippen LogP contribution in [0.15, 0.2) is 24.3 Å². The zero-order valence-corrected chi connectivity index (χ0v) is 12.7. The molecule has 20 heavy (non-hydrogen) atoms. The summed E-state index contributed by atoms with van der Waals surface area (Å²) >= 11 is 0. The summed E-state index contributed by atoms with van der Waals surface area (Å²) in [6.45, 7) is 7.52. The van der Waals surface area contributed by atoms with Crippen LogP contribution in [0.4, 0.5) is 0 Å². The SMILES string of the molecule is CCCC(C)NC(=O)C(C)Oc1ccc([C@H](C)O)cc1. The molecular formula is C16H25NO3. The number of hydrogen-bond acceptors (Lipinski definition) is 3. The van der Waals surface area contributed by atoms with Crippen molar-refractivity contribution in [2.24, 2.45) is 0 Å². The van der Waals surface area contributed by atoms with Gasteiger partial charge in [-0.05, 0) is 44.9 Å². The summed E-state index contributed by atoms with van der Waals surface area (Å²) in [6.07, 6.45) is 0.963. The van der Waals surface area contributed by atoms with Gasteiger partial charge in [0.15, 0.2) is 6.10 Å². The highest BCUT2D eigenvalue weighted by Crippen LogP contribution is 2.18. The van der Waals surface area contributed by atoms with E-state index >= 15 is 0 Å². The largest absolute Gasteiger partial charge is 0.481 e. The van der Waals surface area contributed by atoms with Gasteiger partial charge in [0.2, 0.25) is 0 Å². The zero-order chi connectivity index (χ0) is 15.1. The molecule has 0 saturated carbocycles. The minimum Gasteiger partial charge on any atom is -0.481 e. The van der Waals surface area contributed by atoms with Crippen LogP contribution in [0.2, 0.25) is 0 Å². The fourth-order valence-corrected chi connectivity index (χ4v) is 1.95. The number of aliphatic hydroxyl groups is 1. The molecule has 1 aromatic carbocycles. The van der Waals surface area contributed by atoms with E-state index in [1.807, 2.05) is 6.92 Å². The summed E-state index contributed by atoms with van der Waals surface area (Å²) in [7, 11) is 0. The lowest BCUT2D eigenvalue weighted by Crippen LogP contribution is -2.41. The Balaban J connectivity index is 2.52. The standard InChI is InChI=1S/C16H25NO3/c1-5-6-11(2)17-16(19)13(4)20-15-9-7-14(8-10-15)12(3)18/h7-13,18H,5-6H2,1-4H3,(H,17,19)/t11?,12-,13?/m0/s1. The molecule has 0 fully saturated rings. The Bertz CT molecular complexity index is 414. The molecule has 0 heterocycles. The van der Waals surface area contributed by atoms with Gasteiger partial charge >= 0.3 is 0 Å². The van der Waals surface area contributed by atoms with Gasteiger partial charge in [0, 0.05) is 6.04 Å². The summed E-state index contributed by atoms with van der Waals surface area (Å²) in [4.78, 5) is 11.9. The molecule has 0 aliphatic heterocycles. The van der Waals surface area contributed by atoms with Crippen LogP contribution in [0.1, 0.15) is 52.2 Å². The van der Waals surface area contributed by atoms with Gasteiger partial charge in [0.1, 0.15) is 5.75 Å². The average molecular weight is 279 g/mol. The van der Waals surface area contributed by atoms with E-state index in [0.29, 0.717) is 5.75 Å². The number of carbonyl (C=O) groups is 1. The highest BCUT2D eigenvalue weighted by Gasteiger charge is 2.16. The van der Waals surface area contributed by atoms with Crippen molar-refractivity contribution in [2.45, 2.75) is 58.8 Å². The number of nitrogens with one attached hydrogen (secondary N) is 1. The van der Waals surface area contributed by atoms with Gasteiger partial charge in [0.05, 0.1) is 6.10 Å². The van der Waals surface area contributed by atoms with Crippen LogP contribution in [-0.4, -0.2) is 23.2 Å². The number of amides is 1. The van der Waals surface area contributed by atoms with Gasteiger partial charge in [-0.15, -0.1) is 0 Å². The molecule has 0 spiro atoms. The molecule has 1 aromatic rings. The maximum atomic E-state index is 11.9. The van der Waals surface area contributed by atoms with Crippen molar-refractivity contribution >= 4 is 5.91 Å². The highest BCUT2D eigenvalue weighted by atomic mass is 16.5. The molecule has 112 valence electrons. The number of benzene rings is 1. The fraction of sp³-hybridized carbons (Fsp3) is 0.562. The van der Waals surface area contributed by atoms with E-state index in [9.17, 15) is 9.90 Å². The number of ether oxygens (including phenoxy) is 1. The Labute approximate surface area is 121 Å². The molecule has 0 aromatic heterocycles. The second-order valence-electron chi connectivity index (χ2n) is 5.20. The summed E-state index contributed by atoms with van der Waals surface area (Å²) in [6, 6.07) is 7.29. The molecule has 0 aliphatic carbocycles. The first-order valence-electron chi connectivity index (χ1n) is 7.19. The minimum absolute atomic E-state index is 0.106. The van der Waals surface area contributed by atoms with E-state index in [4.69, 9.17) is 4.74 Å². The van der Waals surface area contributed by atoms with Gasteiger partial charge < -0.3 is 15.2 Å². The van der Waals surface area contributed by atoms with E-state index < -0.39 is 12.2 Å². The normalized spacial score (nSPS) is 15.2. The lowest BCUT2D eigenvalue weighted by Gasteiger charge is -2.18. The fourth-order valence-electron chi connectivity index (χ4n) is 1.95. The van der Waals surface area contributed by atoms with Gasteiger partial charge in [-0.25, -0.2) is 0 Å². The third-order valence-corrected chi connectivity index (χ3v) is 3.15. The van der Waals surface area contributed by atoms with Crippen molar-refractivity contribution in [1.82, 2.24) is 5.32 Å². The first-order valence-corrected chi connectivity index (χ1v) is 7.19. The average Bonchev–Trinajstić information content (AvgIpc) is 2.39. The van der Waals surface area contributed by atoms with Crippen molar-refractivity contribution < 1.29 is 14.6 Å². The van der Waals surface area contributed by atoms with Gasteiger partial charge in [-0.1, -0.05) is 25.5 Å². The van der Waals surface area contributed by atoms with E-state index in [1.54, 1.807) is 38.1 Å². The van der Waals surface area contributed by atoms with Crippen LogP contribution in [0.5, 0.6) is 5.75 Å². The van der Waals surface area contributed by atoms with E-state index in [1.165, 1.54) is 0 Å². The van der Waals surface area contributed by atoms with Crippen LogP contribution in [0.3, 0.4) is 0 Å². The quantitative estimate of drug-likeness (QED) is 0.807. The van der Waals surface area contributed by atoms with Crippen molar-refractivity contribution in [1.29, 1.82) is 0 Å². The Morgan fingerprint density at radius 3 is 2.35 bits per heavy atom. The monoisotopic (exact) mass is 279 g/mol. The van der Waals surface area contributed by atoms with Crippen LogP contribution in [0, 0.1) is 0 Å². The van der Waals surface area contributed by atoms with E-state index in [-0.39, 0.29) is 11.9 Å². The molecule has 1 amide bonds. The molecule has 2 unspecified atom stereocenters. The van der Waals surface area contributed by atoms with Crippen molar-refractivity contribution in [2.75, 3.05) is 0 Å². The first kappa shape index (κ1) is 16.5. The number of carbonyl (C=O) groups excluding carboxylic acids is 1. The Kier molecular flexibility index (Phi) is 6.52. The van der Waals surface area contributed by atoms with Crippen LogP contribution >= 0.6 is 0 Å². The zero-order valence-electron chi connectivity index (χ0n) is 12.7. The number of hydrogen-bond donors (Lipinski definition) is 2. The van der Waals surface area contributed by atoms with E-state index in [0.717, 1.165) is 18.4 Å². The number of rotatable bonds is 7. The topological polar surface area (TPSA) is 58.6 Å². The molecule has 0 saturated heterocycles. The molecule has 0 radical (unpaired) electrons.